The van der Waals surface area contributed by atoms with Crippen molar-refractivity contribution in [3.8, 4) is 11.5 Å². The quantitative estimate of drug-likeness (QED) is 0.607. The first kappa shape index (κ1) is 10.6. The third kappa shape index (κ3) is 1.86. The second-order valence-corrected chi connectivity index (χ2v) is 3.85. The van der Waals surface area contributed by atoms with E-state index in [1.165, 1.54) is 12.5 Å². The zero-order valence-electron chi connectivity index (χ0n) is 9.28. The van der Waals surface area contributed by atoms with E-state index in [1.54, 1.807) is 4.57 Å². The molecular weight excluding hydrogens is 238 g/mol. The number of hydrogen-bond acceptors (Lipinski definition) is 5. The van der Waals surface area contributed by atoms with E-state index in [2.05, 4.69) is 4.98 Å². The summed E-state index contributed by atoms with van der Waals surface area (Å²) in [4.78, 5) is 13.7. The molecule has 0 N–H and O–H groups in total. The monoisotopic (exact) mass is 247 g/mol. The molecule has 18 heavy (non-hydrogen) atoms. The van der Waals surface area contributed by atoms with E-state index in [1.807, 2.05) is 18.2 Å². The summed E-state index contributed by atoms with van der Waals surface area (Å²) in [6.07, 6.45) is 2.83. The smallest absolute Gasteiger partial charge is 0.381 e. The molecule has 0 unspecified atom stereocenters. The van der Waals surface area contributed by atoms with E-state index < -0.39 is 4.92 Å². The molecule has 7 heteroatoms. The molecule has 7 nitrogen and oxygen atoms in total. The van der Waals surface area contributed by atoms with Gasteiger partial charge in [0.1, 0.15) is 6.20 Å². The van der Waals surface area contributed by atoms with Gasteiger partial charge in [-0.15, -0.1) is 0 Å². The van der Waals surface area contributed by atoms with Crippen LogP contribution in [0.1, 0.15) is 5.56 Å². The second-order valence-electron chi connectivity index (χ2n) is 3.85. The van der Waals surface area contributed by atoms with Gasteiger partial charge in [0.05, 0.1) is 6.54 Å². The highest BCUT2D eigenvalue weighted by Gasteiger charge is 2.14. The highest BCUT2D eigenvalue weighted by molar-refractivity contribution is 5.44. The Kier molecular flexibility index (Phi) is 2.36. The van der Waals surface area contributed by atoms with Crippen LogP contribution in [0.15, 0.2) is 30.7 Å². The Labute approximate surface area is 102 Å². The number of imidazole rings is 1. The largest absolute Gasteiger partial charge is 0.454 e. The normalized spacial score (nSPS) is 12.7. The van der Waals surface area contributed by atoms with Crippen LogP contribution in [0.4, 0.5) is 5.82 Å². The minimum atomic E-state index is -0.518. The summed E-state index contributed by atoms with van der Waals surface area (Å²) in [5.74, 6) is 1.26. The Hall–Kier alpha value is -2.57. The van der Waals surface area contributed by atoms with Crippen molar-refractivity contribution in [3.05, 3.63) is 46.4 Å². The number of ether oxygens (including phenoxy) is 2. The Bertz CT molecular complexity index is 608. The third-order valence-electron chi connectivity index (χ3n) is 2.61. The minimum absolute atomic E-state index is 0.157. The molecular formula is C11H9N3O4. The molecule has 0 amide bonds. The van der Waals surface area contributed by atoms with Gasteiger partial charge in [-0.05, 0) is 27.6 Å². The summed E-state index contributed by atoms with van der Waals surface area (Å²) in [5, 5.41) is 10.5. The maximum Gasteiger partial charge on any atom is 0.381 e. The lowest BCUT2D eigenvalue weighted by Crippen LogP contribution is -1.96. The second kappa shape index (κ2) is 4.02. The van der Waals surface area contributed by atoms with Crippen LogP contribution in [0.2, 0.25) is 0 Å². The first-order valence-electron chi connectivity index (χ1n) is 5.27. The SMILES string of the molecule is O=[N+]([O-])c1cn(Cc2ccc3c(c2)OCO3)cn1. The molecule has 2 aromatic rings. The molecule has 0 fully saturated rings. The molecule has 0 atom stereocenters. The van der Waals surface area contributed by atoms with Crippen molar-refractivity contribution in [1.29, 1.82) is 0 Å². The van der Waals surface area contributed by atoms with E-state index in [-0.39, 0.29) is 12.6 Å². The Balaban J connectivity index is 1.81. The van der Waals surface area contributed by atoms with Crippen LogP contribution in [0.3, 0.4) is 0 Å². The Morgan fingerprint density at radius 1 is 1.39 bits per heavy atom. The van der Waals surface area contributed by atoms with E-state index >= 15 is 0 Å². The molecule has 2 heterocycles. The van der Waals surface area contributed by atoms with Crippen molar-refractivity contribution in [3.63, 3.8) is 0 Å². The Morgan fingerprint density at radius 3 is 3.00 bits per heavy atom. The molecule has 0 aliphatic carbocycles. The standard InChI is InChI=1S/C11H9N3O4/c15-14(16)11-5-13(6-12-11)4-8-1-2-9-10(3-8)18-7-17-9/h1-3,5-6H,4,7H2. The van der Waals surface area contributed by atoms with Gasteiger partial charge in [0.2, 0.25) is 13.1 Å². The number of benzene rings is 1. The van der Waals surface area contributed by atoms with Crippen LogP contribution in [-0.4, -0.2) is 21.3 Å². The lowest BCUT2D eigenvalue weighted by Gasteiger charge is -2.02. The number of hydrogen-bond donors (Lipinski definition) is 0. The lowest BCUT2D eigenvalue weighted by molar-refractivity contribution is -0.389. The fourth-order valence-corrected chi connectivity index (χ4v) is 1.78. The van der Waals surface area contributed by atoms with Crippen LogP contribution in [0.5, 0.6) is 11.5 Å². The summed E-state index contributed by atoms with van der Waals surface area (Å²) in [7, 11) is 0. The third-order valence-corrected chi connectivity index (χ3v) is 2.61. The van der Waals surface area contributed by atoms with Crippen molar-refractivity contribution in [1.82, 2.24) is 9.55 Å². The fourth-order valence-electron chi connectivity index (χ4n) is 1.78. The number of rotatable bonds is 3. The number of nitrogens with zero attached hydrogens (tertiary/aromatic N) is 3. The van der Waals surface area contributed by atoms with E-state index in [4.69, 9.17) is 9.47 Å². The van der Waals surface area contributed by atoms with Gasteiger partial charge in [-0.3, -0.25) is 0 Å². The molecule has 0 saturated heterocycles. The molecule has 1 aliphatic rings. The van der Waals surface area contributed by atoms with Gasteiger partial charge in [0.15, 0.2) is 11.5 Å². The zero-order valence-corrected chi connectivity index (χ0v) is 9.28. The molecule has 1 aliphatic heterocycles. The molecule has 0 bridgehead atoms. The van der Waals surface area contributed by atoms with E-state index in [0.717, 1.165) is 11.3 Å². The summed E-state index contributed by atoms with van der Waals surface area (Å²) in [5.41, 5.74) is 0.964. The fraction of sp³-hybridized carbons (Fsp3) is 0.182. The highest BCUT2D eigenvalue weighted by Crippen LogP contribution is 2.32. The molecule has 0 saturated carbocycles. The minimum Gasteiger partial charge on any atom is -0.454 e. The summed E-state index contributed by atoms with van der Waals surface area (Å²) in [6.45, 7) is 0.729. The number of fused-ring (bicyclic) bond motifs is 1. The number of nitro groups is 1. The first-order chi connectivity index (χ1) is 8.72. The van der Waals surface area contributed by atoms with Crippen molar-refractivity contribution in [2.24, 2.45) is 0 Å². The topological polar surface area (TPSA) is 79.4 Å². The van der Waals surface area contributed by atoms with Crippen LogP contribution in [-0.2, 0) is 6.54 Å². The highest BCUT2D eigenvalue weighted by atomic mass is 16.7. The van der Waals surface area contributed by atoms with Gasteiger partial charge in [-0.1, -0.05) is 6.07 Å². The maximum atomic E-state index is 10.5. The van der Waals surface area contributed by atoms with Crippen LogP contribution < -0.4 is 9.47 Å². The van der Waals surface area contributed by atoms with Gasteiger partial charge in [0, 0.05) is 0 Å². The summed E-state index contributed by atoms with van der Waals surface area (Å²) in [6, 6.07) is 5.57. The number of aromatic nitrogens is 2. The van der Waals surface area contributed by atoms with Gasteiger partial charge in [-0.25, -0.2) is 0 Å². The summed E-state index contributed by atoms with van der Waals surface area (Å²) >= 11 is 0. The summed E-state index contributed by atoms with van der Waals surface area (Å²) < 4.78 is 12.1. The lowest BCUT2D eigenvalue weighted by atomic mass is 10.2. The average molecular weight is 247 g/mol. The predicted octanol–water partition coefficient (Wildman–Crippen LogP) is 1.57. The molecule has 0 spiro atoms. The molecule has 1 aromatic carbocycles. The van der Waals surface area contributed by atoms with Crippen LogP contribution in [0, 0.1) is 10.1 Å². The maximum absolute atomic E-state index is 10.5. The molecule has 92 valence electrons. The molecule has 3 rings (SSSR count). The first-order valence-corrected chi connectivity index (χ1v) is 5.27. The molecule has 1 aromatic heterocycles. The van der Waals surface area contributed by atoms with Crippen molar-refractivity contribution >= 4 is 5.82 Å². The average Bonchev–Trinajstić information content (AvgIpc) is 2.96. The van der Waals surface area contributed by atoms with E-state index in [9.17, 15) is 10.1 Å². The van der Waals surface area contributed by atoms with Crippen molar-refractivity contribution < 1.29 is 14.4 Å². The zero-order chi connectivity index (χ0) is 12.5. The Morgan fingerprint density at radius 2 is 2.22 bits per heavy atom. The van der Waals surface area contributed by atoms with Crippen LogP contribution >= 0.6 is 0 Å². The van der Waals surface area contributed by atoms with E-state index in [0.29, 0.717) is 12.3 Å². The van der Waals surface area contributed by atoms with Gasteiger partial charge in [0.25, 0.3) is 0 Å². The van der Waals surface area contributed by atoms with Crippen LogP contribution in [0.25, 0.3) is 0 Å². The predicted molar refractivity (Wildman–Crippen MR) is 60.5 cm³/mol. The van der Waals surface area contributed by atoms with Crippen molar-refractivity contribution in [2.45, 2.75) is 6.54 Å². The van der Waals surface area contributed by atoms with Crippen molar-refractivity contribution in [2.75, 3.05) is 6.79 Å². The van der Waals surface area contributed by atoms with Gasteiger partial charge < -0.3 is 24.2 Å². The van der Waals surface area contributed by atoms with Gasteiger partial charge in [-0.2, -0.15) is 0 Å². The molecule has 0 radical (unpaired) electrons. The van der Waals surface area contributed by atoms with Gasteiger partial charge >= 0.3 is 5.82 Å².